The Morgan fingerprint density at radius 1 is 1.40 bits per heavy atom. The maximum atomic E-state index is 12.9. The lowest BCUT2D eigenvalue weighted by molar-refractivity contribution is 0.340. The van der Waals surface area contributed by atoms with E-state index in [0.717, 1.165) is 5.75 Å². The second-order valence-corrected chi connectivity index (χ2v) is 8.83. The molecule has 0 saturated carbocycles. The van der Waals surface area contributed by atoms with Crippen LogP contribution in [0.3, 0.4) is 0 Å². The van der Waals surface area contributed by atoms with Gasteiger partial charge in [-0.15, -0.1) is 0 Å². The molecule has 0 aromatic heterocycles. The molecule has 0 bridgehead atoms. The van der Waals surface area contributed by atoms with Gasteiger partial charge in [0, 0.05) is 34.3 Å². The van der Waals surface area contributed by atoms with Gasteiger partial charge in [0.2, 0.25) is 10.0 Å². The second-order valence-electron chi connectivity index (χ2n) is 5.05. The van der Waals surface area contributed by atoms with Gasteiger partial charge >= 0.3 is 0 Å². The molecule has 2 rings (SSSR count). The molecule has 1 fully saturated rings. The minimum absolute atomic E-state index is 0.0432. The average molecular weight is 335 g/mol. The number of thioether (sulfide) groups is 1. The number of sulfonamides is 1. The normalized spacial score (nSPS) is 24.8. The fraction of sp³-hybridized carbons (Fsp3) is 0.538. The topological polar surface area (TPSA) is 63.4 Å². The first kappa shape index (κ1) is 15.9. The summed E-state index contributed by atoms with van der Waals surface area (Å²) >= 11 is 7.76. The zero-order valence-electron chi connectivity index (χ0n) is 11.8. The molecular formula is C13H19ClN2O2S2. The molecule has 1 saturated heterocycles. The molecule has 2 unspecified atom stereocenters. The third kappa shape index (κ3) is 2.79. The fourth-order valence-electron chi connectivity index (χ4n) is 2.31. The summed E-state index contributed by atoms with van der Waals surface area (Å²) in [6.45, 7) is 6.23. The van der Waals surface area contributed by atoms with Gasteiger partial charge in [0.1, 0.15) is 0 Å². The maximum Gasteiger partial charge on any atom is 0.243 e. The molecule has 0 aliphatic carbocycles. The number of benzene rings is 1. The Morgan fingerprint density at radius 2 is 2.05 bits per heavy atom. The summed E-state index contributed by atoms with van der Waals surface area (Å²) < 4.78 is 27.3. The Morgan fingerprint density at radius 3 is 2.70 bits per heavy atom. The van der Waals surface area contributed by atoms with Gasteiger partial charge < -0.3 is 5.73 Å². The van der Waals surface area contributed by atoms with Crippen LogP contribution >= 0.6 is 23.4 Å². The molecule has 2 N–H and O–H groups in total. The predicted molar refractivity (Wildman–Crippen MR) is 85.9 cm³/mol. The van der Waals surface area contributed by atoms with Gasteiger partial charge in [-0.3, -0.25) is 0 Å². The Balaban J connectivity index is 2.50. The lowest BCUT2D eigenvalue weighted by atomic mass is 10.2. The quantitative estimate of drug-likeness (QED) is 0.845. The van der Waals surface area contributed by atoms with Crippen LogP contribution in [0.5, 0.6) is 0 Å². The number of nitrogen functional groups attached to an aromatic ring is 1. The van der Waals surface area contributed by atoms with E-state index in [2.05, 4.69) is 6.92 Å². The molecule has 0 spiro atoms. The molecular weight excluding hydrogens is 316 g/mol. The van der Waals surface area contributed by atoms with Crippen LogP contribution in [0.1, 0.15) is 19.4 Å². The molecule has 7 heteroatoms. The first-order valence-corrected chi connectivity index (χ1v) is 9.31. The highest BCUT2D eigenvalue weighted by Crippen LogP contribution is 2.33. The van der Waals surface area contributed by atoms with Gasteiger partial charge in [-0.05, 0) is 31.5 Å². The monoisotopic (exact) mass is 334 g/mol. The van der Waals surface area contributed by atoms with Gasteiger partial charge in [0.25, 0.3) is 0 Å². The molecule has 1 aliphatic rings. The number of nitrogens with zero attached hydrogens (tertiary/aromatic N) is 1. The molecule has 1 heterocycles. The molecule has 1 aromatic rings. The van der Waals surface area contributed by atoms with Crippen molar-refractivity contribution in [1.82, 2.24) is 4.31 Å². The summed E-state index contributed by atoms with van der Waals surface area (Å²) in [6.07, 6.45) is 0. The van der Waals surface area contributed by atoms with Gasteiger partial charge in [-0.2, -0.15) is 16.1 Å². The van der Waals surface area contributed by atoms with E-state index in [4.69, 9.17) is 17.3 Å². The highest BCUT2D eigenvalue weighted by atomic mass is 35.5. The van der Waals surface area contributed by atoms with E-state index < -0.39 is 10.0 Å². The van der Waals surface area contributed by atoms with Crippen molar-refractivity contribution in [2.24, 2.45) is 0 Å². The van der Waals surface area contributed by atoms with Crippen molar-refractivity contribution >= 4 is 39.1 Å². The highest BCUT2D eigenvalue weighted by molar-refractivity contribution is 8.00. The van der Waals surface area contributed by atoms with Crippen molar-refractivity contribution in [2.75, 3.05) is 18.0 Å². The fourth-order valence-corrected chi connectivity index (χ4v) is 5.88. The van der Waals surface area contributed by atoms with Crippen LogP contribution in [0.15, 0.2) is 17.0 Å². The van der Waals surface area contributed by atoms with Crippen LogP contribution in [0, 0.1) is 6.92 Å². The van der Waals surface area contributed by atoms with E-state index in [0.29, 0.717) is 22.8 Å². The van der Waals surface area contributed by atoms with Crippen LogP contribution in [0.25, 0.3) is 0 Å². The third-order valence-corrected chi connectivity index (χ3v) is 7.45. The van der Waals surface area contributed by atoms with Gasteiger partial charge in [0.05, 0.1) is 4.90 Å². The van der Waals surface area contributed by atoms with Crippen LogP contribution in [-0.2, 0) is 10.0 Å². The van der Waals surface area contributed by atoms with E-state index in [1.165, 1.54) is 6.07 Å². The summed E-state index contributed by atoms with van der Waals surface area (Å²) in [5.74, 6) is 0.805. The van der Waals surface area contributed by atoms with Crippen molar-refractivity contribution in [3.05, 3.63) is 22.7 Å². The molecule has 20 heavy (non-hydrogen) atoms. The highest BCUT2D eigenvalue weighted by Gasteiger charge is 2.36. The summed E-state index contributed by atoms with van der Waals surface area (Å²) in [7, 11) is -3.56. The lowest BCUT2D eigenvalue weighted by Crippen LogP contribution is -2.47. The molecule has 0 radical (unpaired) electrons. The van der Waals surface area contributed by atoms with Crippen LogP contribution in [0.2, 0.25) is 5.02 Å². The van der Waals surface area contributed by atoms with Gasteiger partial charge in [0.15, 0.2) is 0 Å². The van der Waals surface area contributed by atoms with Crippen molar-refractivity contribution in [2.45, 2.75) is 37.0 Å². The Bertz CT molecular complexity index is 619. The summed E-state index contributed by atoms with van der Waals surface area (Å²) in [5.41, 5.74) is 6.81. The number of halogens is 1. The lowest BCUT2D eigenvalue weighted by Gasteiger charge is -2.36. The van der Waals surface area contributed by atoms with Crippen LogP contribution in [0.4, 0.5) is 5.69 Å². The van der Waals surface area contributed by atoms with Crippen molar-refractivity contribution < 1.29 is 8.42 Å². The molecule has 2 atom stereocenters. The van der Waals surface area contributed by atoms with Gasteiger partial charge in [-0.25, -0.2) is 8.42 Å². The zero-order chi connectivity index (χ0) is 15.1. The minimum atomic E-state index is -3.56. The number of rotatable bonds is 2. The molecule has 1 aliphatic heterocycles. The van der Waals surface area contributed by atoms with E-state index in [-0.39, 0.29) is 16.2 Å². The average Bonchev–Trinajstić information content (AvgIpc) is 2.36. The van der Waals surface area contributed by atoms with Gasteiger partial charge in [-0.1, -0.05) is 18.5 Å². The summed E-state index contributed by atoms with van der Waals surface area (Å²) in [5, 5.41) is 0.620. The second kappa shape index (κ2) is 5.75. The Kier molecular flexibility index (Phi) is 4.59. The standard InChI is InChI=1S/C13H19ClN2O2S2/c1-8-12(15)6-11(14)7-13(8)20(17,18)16-4-5-19-10(3)9(16)2/h6-7,9-10H,4-5,15H2,1-3H3. The molecule has 0 amide bonds. The maximum absolute atomic E-state index is 12.9. The van der Waals surface area contributed by atoms with Crippen molar-refractivity contribution in [3.8, 4) is 0 Å². The first-order chi connectivity index (χ1) is 9.25. The van der Waals surface area contributed by atoms with Crippen molar-refractivity contribution in [3.63, 3.8) is 0 Å². The Labute approximate surface area is 129 Å². The van der Waals surface area contributed by atoms with E-state index in [9.17, 15) is 8.42 Å². The number of hydrogen-bond donors (Lipinski definition) is 1. The van der Waals surface area contributed by atoms with E-state index >= 15 is 0 Å². The number of hydrogen-bond acceptors (Lipinski definition) is 4. The first-order valence-electron chi connectivity index (χ1n) is 6.44. The predicted octanol–water partition coefficient (Wildman–Crippen LogP) is 2.75. The van der Waals surface area contributed by atoms with E-state index in [1.54, 1.807) is 29.1 Å². The third-order valence-electron chi connectivity index (χ3n) is 3.78. The smallest absolute Gasteiger partial charge is 0.243 e. The van der Waals surface area contributed by atoms with Crippen LogP contribution in [-0.4, -0.2) is 36.3 Å². The molecule has 4 nitrogen and oxygen atoms in total. The van der Waals surface area contributed by atoms with Crippen molar-refractivity contribution in [1.29, 1.82) is 0 Å². The van der Waals surface area contributed by atoms with Crippen LogP contribution < -0.4 is 5.73 Å². The zero-order valence-corrected chi connectivity index (χ0v) is 14.1. The summed E-state index contributed by atoms with van der Waals surface area (Å²) in [6, 6.07) is 3.02. The Hall–Kier alpha value is -0.430. The molecule has 112 valence electrons. The molecule has 1 aromatic carbocycles. The SMILES string of the molecule is Cc1c(N)cc(Cl)cc1S(=O)(=O)N1CCSC(C)C1C. The number of anilines is 1. The van der Waals surface area contributed by atoms with E-state index in [1.807, 2.05) is 6.92 Å². The number of nitrogens with two attached hydrogens (primary N) is 1. The minimum Gasteiger partial charge on any atom is -0.398 e. The summed E-state index contributed by atoms with van der Waals surface area (Å²) in [4.78, 5) is 0.216. The largest absolute Gasteiger partial charge is 0.398 e.